The zero-order valence-electron chi connectivity index (χ0n) is 13.5. The fraction of sp³-hybridized carbons (Fsp3) is 0.118. The summed E-state index contributed by atoms with van der Waals surface area (Å²) in [7, 11) is -3.99. The lowest BCUT2D eigenvalue weighted by atomic mass is 10.2. The van der Waals surface area contributed by atoms with Crippen LogP contribution in [-0.4, -0.2) is 25.1 Å². The molecular weight excluding hydrogens is 491 g/mol. The zero-order chi connectivity index (χ0) is 18.9. The molecule has 2 aromatic carbocycles. The summed E-state index contributed by atoms with van der Waals surface area (Å²) in [6, 6.07) is 11.2. The van der Waals surface area contributed by atoms with Gasteiger partial charge in [-0.25, -0.2) is 4.98 Å². The first-order valence-corrected chi connectivity index (χ1v) is 10.5. The molecule has 3 rings (SSSR count). The summed E-state index contributed by atoms with van der Waals surface area (Å²) < 4.78 is 33.9. The fourth-order valence-electron chi connectivity index (χ4n) is 2.36. The van der Waals surface area contributed by atoms with Gasteiger partial charge < -0.3 is 9.84 Å². The lowest BCUT2D eigenvalue weighted by molar-refractivity contribution is 0.342. The van der Waals surface area contributed by atoms with Gasteiger partial charge in [0.15, 0.2) is 10.8 Å². The van der Waals surface area contributed by atoms with Crippen molar-refractivity contribution in [2.45, 2.75) is 11.9 Å². The third-order valence-corrected chi connectivity index (χ3v) is 5.94. The smallest absolute Gasteiger partial charge is 0.279 e. The van der Waals surface area contributed by atoms with Crippen molar-refractivity contribution in [1.82, 2.24) is 4.98 Å². The van der Waals surface area contributed by atoms with E-state index in [4.69, 9.17) is 16.3 Å². The van der Waals surface area contributed by atoms with Crippen LogP contribution < -0.4 is 9.46 Å². The molecule has 0 unspecified atom stereocenters. The maximum atomic E-state index is 12.7. The number of hydrogen-bond acceptors (Lipinski definition) is 5. The van der Waals surface area contributed by atoms with Gasteiger partial charge in [-0.1, -0.05) is 23.7 Å². The highest BCUT2D eigenvalue weighted by atomic mass is 127. The number of nitrogens with one attached hydrogen (secondary N) is 1. The summed E-state index contributed by atoms with van der Waals surface area (Å²) in [6.45, 7) is 2.21. The minimum Gasteiger partial charge on any atom is -0.505 e. The number of phenolic OH excluding ortho intramolecular Hbond substituents is 1. The van der Waals surface area contributed by atoms with Gasteiger partial charge in [-0.2, -0.15) is 8.42 Å². The lowest BCUT2D eigenvalue weighted by Crippen LogP contribution is -2.15. The first-order valence-electron chi connectivity index (χ1n) is 7.56. The Morgan fingerprint density at radius 1 is 1.27 bits per heavy atom. The Morgan fingerprint density at radius 3 is 2.73 bits per heavy atom. The van der Waals surface area contributed by atoms with Crippen molar-refractivity contribution in [3.8, 4) is 11.5 Å². The molecule has 3 aromatic rings. The van der Waals surface area contributed by atoms with Crippen molar-refractivity contribution >= 4 is 60.8 Å². The standard InChI is InChI=1S/C17H14ClIN2O4S/c1-2-25-14-6-4-3-5-13(14)21-26(23,24)15-8-7-10-11(18)9-12(19)17(22)16(10)20-15/h3-9,21-22H,2H2,1H3. The van der Waals surface area contributed by atoms with Crippen LogP contribution >= 0.6 is 34.2 Å². The highest BCUT2D eigenvalue weighted by molar-refractivity contribution is 14.1. The Bertz CT molecular complexity index is 1090. The molecule has 0 atom stereocenters. The summed E-state index contributed by atoms with van der Waals surface area (Å²) in [5.41, 5.74) is 0.434. The predicted molar refractivity (Wildman–Crippen MR) is 110 cm³/mol. The molecule has 0 bridgehead atoms. The fourth-order valence-corrected chi connectivity index (χ4v) is 4.40. The minimum absolute atomic E-state index is 0.114. The van der Waals surface area contributed by atoms with Gasteiger partial charge in [-0.15, -0.1) is 0 Å². The largest absolute Gasteiger partial charge is 0.505 e. The molecule has 0 saturated heterocycles. The van der Waals surface area contributed by atoms with Crippen LogP contribution in [0.15, 0.2) is 47.5 Å². The second-order valence-electron chi connectivity index (χ2n) is 5.27. The quantitative estimate of drug-likeness (QED) is 0.503. The molecule has 0 saturated carbocycles. The Labute approximate surface area is 169 Å². The van der Waals surface area contributed by atoms with Crippen molar-refractivity contribution in [2.24, 2.45) is 0 Å². The van der Waals surface area contributed by atoms with Crippen LogP contribution in [0.3, 0.4) is 0 Å². The van der Waals surface area contributed by atoms with E-state index in [2.05, 4.69) is 9.71 Å². The molecule has 0 amide bonds. The van der Waals surface area contributed by atoms with E-state index in [0.717, 1.165) is 0 Å². The maximum Gasteiger partial charge on any atom is 0.279 e. The van der Waals surface area contributed by atoms with Gasteiger partial charge in [0.05, 0.1) is 20.9 Å². The van der Waals surface area contributed by atoms with Crippen molar-refractivity contribution in [2.75, 3.05) is 11.3 Å². The third-order valence-electron chi connectivity index (χ3n) is 3.54. The number of hydrogen-bond donors (Lipinski definition) is 2. The van der Waals surface area contributed by atoms with E-state index in [9.17, 15) is 13.5 Å². The van der Waals surface area contributed by atoms with Crippen LogP contribution in [0.1, 0.15) is 6.92 Å². The summed E-state index contributed by atoms with van der Waals surface area (Å²) in [5.74, 6) is 0.302. The number of phenols is 1. The number of sulfonamides is 1. The highest BCUT2D eigenvalue weighted by Gasteiger charge is 2.20. The summed E-state index contributed by atoms with van der Waals surface area (Å²) in [6.07, 6.45) is 0. The number of aromatic nitrogens is 1. The van der Waals surface area contributed by atoms with Gasteiger partial charge in [0.1, 0.15) is 11.3 Å². The number of rotatable bonds is 5. The third kappa shape index (κ3) is 3.67. The molecule has 0 aliphatic heterocycles. The maximum absolute atomic E-state index is 12.7. The van der Waals surface area contributed by atoms with Gasteiger partial charge in [0, 0.05) is 5.39 Å². The molecule has 0 spiro atoms. The number of ether oxygens (including phenoxy) is 1. The molecule has 0 aliphatic carbocycles. The van der Waals surface area contributed by atoms with Crippen molar-refractivity contribution in [3.05, 3.63) is 51.1 Å². The van der Waals surface area contributed by atoms with Crippen molar-refractivity contribution in [3.63, 3.8) is 0 Å². The van der Waals surface area contributed by atoms with E-state index < -0.39 is 10.0 Å². The Morgan fingerprint density at radius 2 is 2.00 bits per heavy atom. The van der Waals surface area contributed by atoms with Gasteiger partial charge in [-0.3, -0.25) is 4.72 Å². The highest BCUT2D eigenvalue weighted by Crippen LogP contribution is 2.35. The molecular formula is C17H14ClIN2O4S. The van der Waals surface area contributed by atoms with Crippen LogP contribution in [0.2, 0.25) is 5.02 Å². The van der Waals surface area contributed by atoms with E-state index in [1.54, 1.807) is 30.3 Å². The molecule has 0 fully saturated rings. The van der Waals surface area contributed by atoms with E-state index in [1.165, 1.54) is 12.1 Å². The second-order valence-corrected chi connectivity index (χ2v) is 8.47. The Hall–Kier alpha value is -1.78. The number of para-hydroxylation sites is 2. The molecule has 0 aliphatic rings. The average Bonchev–Trinajstić information content (AvgIpc) is 2.61. The molecule has 136 valence electrons. The molecule has 1 aromatic heterocycles. The van der Waals surface area contributed by atoms with Gasteiger partial charge in [-0.05, 0) is 59.8 Å². The van der Waals surface area contributed by atoms with E-state index in [1.807, 2.05) is 29.5 Å². The summed E-state index contributed by atoms with van der Waals surface area (Å²) in [5, 5.41) is 10.8. The molecule has 9 heteroatoms. The van der Waals surface area contributed by atoms with Crippen LogP contribution in [0, 0.1) is 3.57 Å². The summed E-state index contributed by atoms with van der Waals surface area (Å²) >= 11 is 8.06. The number of nitrogens with zero attached hydrogens (tertiary/aromatic N) is 1. The van der Waals surface area contributed by atoms with Crippen molar-refractivity contribution < 1.29 is 18.3 Å². The van der Waals surface area contributed by atoms with E-state index >= 15 is 0 Å². The topological polar surface area (TPSA) is 88.5 Å². The SMILES string of the molecule is CCOc1ccccc1NS(=O)(=O)c1ccc2c(Cl)cc(I)c(O)c2n1. The van der Waals surface area contributed by atoms with Gasteiger partial charge in [0.25, 0.3) is 10.0 Å². The summed E-state index contributed by atoms with van der Waals surface area (Å²) in [4.78, 5) is 4.11. The molecule has 0 radical (unpaired) electrons. The average molecular weight is 505 g/mol. The monoisotopic (exact) mass is 504 g/mol. The second kappa shape index (κ2) is 7.45. The van der Waals surface area contributed by atoms with Crippen LogP contribution in [0.5, 0.6) is 11.5 Å². The lowest BCUT2D eigenvalue weighted by Gasteiger charge is -2.13. The van der Waals surface area contributed by atoms with Crippen LogP contribution in [-0.2, 0) is 10.0 Å². The van der Waals surface area contributed by atoms with Crippen LogP contribution in [0.25, 0.3) is 10.9 Å². The first kappa shape index (κ1) is 19.0. The van der Waals surface area contributed by atoms with E-state index in [-0.39, 0.29) is 16.3 Å². The zero-order valence-corrected chi connectivity index (χ0v) is 17.3. The number of pyridine rings is 1. The number of halogens is 2. The van der Waals surface area contributed by atoms with Crippen molar-refractivity contribution in [1.29, 1.82) is 0 Å². The van der Waals surface area contributed by atoms with E-state index in [0.29, 0.717) is 32.0 Å². The molecule has 2 N–H and O–H groups in total. The Kier molecular flexibility index (Phi) is 5.44. The molecule has 6 nitrogen and oxygen atoms in total. The van der Waals surface area contributed by atoms with Gasteiger partial charge in [0.2, 0.25) is 0 Å². The number of benzene rings is 2. The number of aromatic hydroxyl groups is 1. The number of fused-ring (bicyclic) bond motifs is 1. The molecule has 1 heterocycles. The first-order chi connectivity index (χ1) is 12.3. The number of anilines is 1. The normalized spacial score (nSPS) is 11.5. The predicted octanol–water partition coefficient (Wildman–Crippen LogP) is 4.40. The molecule has 26 heavy (non-hydrogen) atoms. The Balaban J connectivity index is 2.07. The minimum atomic E-state index is -3.99. The van der Waals surface area contributed by atoms with Gasteiger partial charge >= 0.3 is 0 Å². The van der Waals surface area contributed by atoms with Crippen LogP contribution in [0.4, 0.5) is 5.69 Å².